The minimum atomic E-state index is -2.86. The second-order valence-electron chi connectivity index (χ2n) is 4.97. The summed E-state index contributed by atoms with van der Waals surface area (Å²) in [6.07, 6.45) is 0.711. The van der Waals surface area contributed by atoms with E-state index in [0.29, 0.717) is 17.2 Å². The van der Waals surface area contributed by atoms with Crippen LogP contribution in [0.2, 0.25) is 5.02 Å². The van der Waals surface area contributed by atoms with E-state index in [2.05, 4.69) is 9.89 Å². The maximum absolute atomic E-state index is 11.6. The van der Waals surface area contributed by atoms with Gasteiger partial charge in [0.25, 0.3) is 0 Å². The first-order chi connectivity index (χ1) is 9.53. The first-order valence-corrected chi connectivity index (χ1v) is 9.66. The van der Waals surface area contributed by atoms with Gasteiger partial charge in [-0.1, -0.05) is 23.4 Å². The van der Waals surface area contributed by atoms with Crippen LogP contribution in [0.1, 0.15) is 6.42 Å². The molecule has 0 amide bonds. The summed E-state index contributed by atoms with van der Waals surface area (Å²) >= 11 is 7.55. The van der Waals surface area contributed by atoms with Gasteiger partial charge in [-0.2, -0.15) is 0 Å². The molecule has 0 N–H and O–H groups in total. The number of thioether (sulfide) groups is 1. The molecule has 0 saturated carbocycles. The Morgan fingerprint density at radius 2 is 2.05 bits per heavy atom. The fourth-order valence-electron chi connectivity index (χ4n) is 2.50. The molecule has 1 aromatic rings. The van der Waals surface area contributed by atoms with Crippen LogP contribution < -0.4 is 0 Å². The molecule has 0 spiro atoms. The van der Waals surface area contributed by atoms with Crippen LogP contribution in [0.15, 0.2) is 29.3 Å². The summed E-state index contributed by atoms with van der Waals surface area (Å²) in [6, 6.07) is 7.45. The van der Waals surface area contributed by atoms with Crippen molar-refractivity contribution >= 4 is 44.1 Å². The van der Waals surface area contributed by atoms with E-state index in [4.69, 9.17) is 11.6 Å². The van der Waals surface area contributed by atoms with Crippen LogP contribution in [0.5, 0.6) is 0 Å². The fourth-order valence-corrected chi connectivity index (χ4v) is 5.40. The summed E-state index contributed by atoms with van der Waals surface area (Å²) in [5.41, 5.74) is 0.852. The molecule has 4 nitrogen and oxygen atoms in total. The van der Waals surface area contributed by atoms with E-state index in [9.17, 15) is 8.42 Å². The molecule has 2 saturated heterocycles. The molecule has 7 heteroatoms. The Balaban J connectivity index is 1.80. The Labute approximate surface area is 128 Å². The van der Waals surface area contributed by atoms with Crippen molar-refractivity contribution in [3.63, 3.8) is 0 Å². The van der Waals surface area contributed by atoms with Gasteiger partial charge in [-0.05, 0) is 30.7 Å². The van der Waals surface area contributed by atoms with Gasteiger partial charge in [0.15, 0.2) is 15.0 Å². The van der Waals surface area contributed by atoms with Crippen LogP contribution in [0.4, 0.5) is 5.69 Å². The number of amidine groups is 1. The van der Waals surface area contributed by atoms with Gasteiger partial charge in [0.05, 0.1) is 17.2 Å². The third kappa shape index (κ3) is 3.13. The Bertz CT molecular complexity index is 628. The van der Waals surface area contributed by atoms with E-state index in [0.717, 1.165) is 23.2 Å². The summed E-state index contributed by atoms with van der Waals surface area (Å²) in [5, 5.41) is 1.61. The molecule has 108 valence electrons. The van der Waals surface area contributed by atoms with Crippen molar-refractivity contribution in [3.8, 4) is 0 Å². The molecular formula is C13H15ClN2O2S2. The molecule has 2 heterocycles. The van der Waals surface area contributed by atoms with Gasteiger partial charge in [-0.3, -0.25) is 0 Å². The standard InChI is InChI=1S/C13H15ClN2O2S2/c14-10-1-3-11(4-2-10)15-13-16(6-7-19-13)12-5-8-20(17,18)9-12/h1-4,12H,5-9H2/t12-/m1/s1. The van der Waals surface area contributed by atoms with E-state index in [-0.39, 0.29) is 11.8 Å². The van der Waals surface area contributed by atoms with Crippen LogP contribution in [-0.2, 0) is 9.84 Å². The van der Waals surface area contributed by atoms with Gasteiger partial charge in [0, 0.05) is 23.4 Å². The molecule has 1 atom stereocenters. The largest absolute Gasteiger partial charge is 0.346 e. The highest BCUT2D eigenvalue weighted by Crippen LogP contribution is 2.29. The van der Waals surface area contributed by atoms with E-state index in [1.54, 1.807) is 11.8 Å². The third-order valence-corrected chi connectivity index (χ3v) is 6.48. The number of benzene rings is 1. The zero-order valence-corrected chi connectivity index (χ0v) is 13.2. The number of nitrogens with zero attached hydrogens (tertiary/aromatic N) is 2. The summed E-state index contributed by atoms with van der Waals surface area (Å²) in [5.74, 6) is 1.52. The highest BCUT2D eigenvalue weighted by Gasteiger charge is 2.35. The number of sulfone groups is 1. The Morgan fingerprint density at radius 1 is 1.30 bits per heavy atom. The Kier molecular flexibility index (Phi) is 3.97. The molecule has 0 aromatic heterocycles. The average molecular weight is 331 g/mol. The first-order valence-electron chi connectivity index (χ1n) is 6.48. The molecule has 0 aliphatic carbocycles. The third-order valence-electron chi connectivity index (χ3n) is 3.51. The molecule has 2 fully saturated rings. The lowest BCUT2D eigenvalue weighted by Gasteiger charge is -2.24. The maximum atomic E-state index is 11.6. The maximum Gasteiger partial charge on any atom is 0.164 e. The van der Waals surface area contributed by atoms with Crippen molar-refractivity contribution in [2.24, 2.45) is 4.99 Å². The average Bonchev–Trinajstić information content (AvgIpc) is 2.98. The summed E-state index contributed by atoms with van der Waals surface area (Å²) in [7, 11) is -2.86. The first kappa shape index (κ1) is 14.2. The second-order valence-corrected chi connectivity index (χ2v) is 8.70. The van der Waals surface area contributed by atoms with Crippen molar-refractivity contribution in [2.45, 2.75) is 12.5 Å². The van der Waals surface area contributed by atoms with Gasteiger partial charge in [-0.15, -0.1) is 0 Å². The van der Waals surface area contributed by atoms with Crippen LogP contribution in [-0.4, -0.2) is 48.3 Å². The minimum Gasteiger partial charge on any atom is -0.346 e. The molecule has 0 bridgehead atoms. The van der Waals surface area contributed by atoms with Crippen molar-refractivity contribution < 1.29 is 8.42 Å². The quantitative estimate of drug-likeness (QED) is 0.836. The van der Waals surface area contributed by atoms with Crippen molar-refractivity contribution in [2.75, 3.05) is 23.8 Å². The Morgan fingerprint density at radius 3 is 2.70 bits per heavy atom. The molecule has 2 aliphatic rings. The number of hydrogen-bond acceptors (Lipinski definition) is 4. The predicted molar refractivity (Wildman–Crippen MR) is 84.8 cm³/mol. The molecule has 0 radical (unpaired) electrons. The highest BCUT2D eigenvalue weighted by atomic mass is 35.5. The molecule has 3 rings (SSSR count). The van der Waals surface area contributed by atoms with Gasteiger partial charge >= 0.3 is 0 Å². The number of halogens is 1. The summed E-state index contributed by atoms with van der Waals surface area (Å²) < 4.78 is 23.2. The van der Waals surface area contributed by atoms with E-state index in [1.807, 2.05) is 24.3 Å². The van der Waals surface area contributed by atoms with Gasteiger partial charge in [-0.25, -0.2) is 13.4 Å². The monoisotopic (exact) mass is 330 g/mol. The Hall–Kier alpha value is -0.720. The highest BCUT2D eigenvalue weighted by molar-refractivity contribution is 8.14. The lowest BCUT2D eigenvalue weighted by Crippen LogP contribution is -2.36. The lowest BCUT2D eigenvalue weighted by atomic mass is 10.2. The van der Waals surface area contributed by atoms with E-state index < -0.39 is 9.84 Å². The van der Waals surface area contributed by atoms with Crippen molar-refractivity contribution in [1.29, 1.82) is 0 Å². The summed E-state index contributed by atoms with van der Waals surface area (Å²) in [4.78, 5) is 6.77. The zero-order valence-electron chi connectivity index (χ0n) is 10.8. The molecule has 20 heavy (non-hydrogen) atoms. The summed E-state index contributed by atoms with van der Waals surface area (Å²) in [6.45, 7) is 0.872. The molecule has 2 aliphatic heterocycles. The fraction of sp³-hybridized carbons (Fsp3) is 0.462. The van der Waals surface area contributed by atoms with Gasteiger partial charge in [0.2, 0.25) is 0 Å². The van der Waals surface area contributed by atoms with Crippen LogP contribution in [0.25, 0.3) is 0 Å². The smallest absolute Gasteiger partial charge is 0.164 e. The van der Waals surface area contributed by atoms with Crippen LogP contribution in [0, 0.1) is 0 Å². The van der Waals surface area contributed by atoms with Gasteiger partial charge in [0.1, 0.15) is 0 Å². The zero-order chi connectivity index (χ0) is 14.2. The van der Waals surface area contributed by atoms with E-state index in [1.165, 1.54) is 0 Å². The number of rotatable bonds is 2. The SMILES string of the molecule is O=S1(=O)CC[C@@H](N2CCSC2=Nc2ccc(Cl)cc2)C1. The predicted octanol–water partition coefficient (Wildman–Crippen LogP) is 2.56. The van der Waals surface area contributed by atoms with Crippen LogP contribution >= 0.6 is 23.4 Å². The molecular weight excluding hydrogens is 316 g/mol. The number of aliphatic imine (C=N–C) groups is 1. The number of hydrogen-bond donors (Lipinski definition) is 0. The molecule has 0 unspecified atom stereocenters. The van der Waals surface area contributed by atoms with Crippen LogP contribution in [0.3, 0.4) is 0 Å². The van der Waals surface area contributed by atoms with Gasteiger partial charge < -0.3 is 4.90 Å². The van der Waals surface area contributed by atoms with Crippen molar-refractivity contribution in [1.82, 2.24) is 4.90 Å². The lowest BCUT2D eigenvalue weighted by molar-refractivity contribution is 0.366. The topological polar surface area (TPSA) is 49.7 Å². The molecule has 1 aromatic carbocycles. The second kappa shape index (κ2) is 5.58. The van der Waals surface area contributed by atoms with Crippen molar-refractivity contribution in [3.05, 3.63) is 29.3 Å². The minimum absolute atomic E-state index is 0.0843. The van der Waals surface area contributed by atoms with E-state index >= 15 is 0 Å². The normalized spacial score (nSPS) is 27.4.